The Bertz CT molecular complexity index is 408. The van der Waals surface area contributed by atoms with Gasteiger partial charge in [0.25, 0.3) is 0 Å². The quantitative estimate of drug-likeness (QED) is 0.611. The molecule has 3 N–H and O–H groups in total. The number of anilines is 2. The fourth-order valence-corrected chi connectivity index (χ4v) is 2.66. The zero-order chi connectivity index (χ0) is 12.8. The molecule has 0 spiro atoms. The van der Waals surface area contributed by atoms with Crippen molar-refractivity contribution in [2.75, 3.05) is 30.0 Å². The number of thioether (sulfide) groups is 1. The Kier molecular flexibility index (Phi) is 4.90. The number of carbonyl (C=O) groups is 1. The second-order valence-electron chi connectivity index (χ2n) is 4.31. The van der Waals surface area contributed by atoms with Crippen molar-refractivity contribution in [3.05, 3.63) is 24.3 Å². The van der Waals surface area contributed by atoms with E-state index in [-0.39, 0.29) is 5.91 Å². The molecule has 1 heterocycles. The topological polar surface area (TPSA) is 64.3 Å². The van der Waals surface area contributed by atoms with Crippen molar-refractivity contribution in [3.63, 3.8) is 0 Å². The van der Waals surface area contributed by atoms with E-state index in [1.807, 2.05) is 23.9 Å². The third-order valence-corrected chi connectivity index (χ3v) is 3.95. The number of benzene rings is 1. The van der Waals surface area contributed by atoms with Gasteiger partial charge in [0, 0.05) is 17.8 Å². The molecule has 0 atom stereocenters. The summed E-state index contributed by atoms with van der Waals surface area (Å²) in [5, 5.41) is 3.49. The van der Waals surface area contributed by atoms with Crippen LogP contribution in [0, 0.1) is 0 Å². The van der Waals surface area contributed by atoms with E-state index in [0.29, 0.717) is 17.4 Å². The molecule has 0 bridgehead atoms. The summed E-state index contributed by atoms with van der Waals surface area (Å²) >= 11 is 1.89. The normalized spacial score (nSPS) is 15.1. The van der Waals surface area contributed by atoms with Crippen molar-refractivity contribution in [3.8, 4) is 0 Å². The minimum absolute atomic E-state index is 0.0473. The van der Waals surface area contributed by atoms with Gasteiger partial charge in [0.1, 0.15) is 0 Å². The van der Waals surface area contributed by atoms with Crippen LogP contribution in [-0.4, -0.2) is 30.1 Å². The van der Waals surface area contributed by atoms with Gasteiger partial charge in [0.05, 0.1) is 18.5 Å². The first-order valence-electron chi connectivity index (χ1n) is 6.09. The van der Waals surface area contributed by atoms with Gasteiger partial charge in [-0.15, -0.1) is 0 Å². The third kappa shape index (κ3) is 4.23. The van der Waals surface area contributed by atoms with E-state index in [9.17, 15) is 4.79 Å². The molecule has 0 radical (unpaired) electrons. The van der Waals surface area contributed by atoms with Crippen molar-refractivity contribution < 1.29 is 9.53 Å². The molecule has 0 aliphatic carbocycles. The lowest BCUT2D eigenvalue weighted by Gasteiger charge is -2.25. The monoisotopic (exact) mass is 266 g/mol. The standard InChI is InChI=1S/C13H18N2O2S/c14-10-3-1-4-11(7-10)15-13(16)5-2-6-18-12-8-17-9-12/h1,3-4,7,12H,2,5-6,8-9,14H2,(H,15,16). The second-order valence-corrected chi connectivity index (χ2v) is 5.72. The van der Waals surface area contributed by atoms with Crippen LogP contribution in [0.3, 0.4) is 0 Å². The molecular formula is C13H18N2O2S. The van der Waals surface area contributed by atoms with E-state index in [1.54, 1.807) is 12.1 Å². The Hall–Kier alpha value is -1.20. The Morgan fingerprint density at radius 1 is 1.50 bits per heavy atom. The minimum Gasteiger partial charge on any atom is -0.399 e. The average molecular weight is 266 g/mol. The van der Waals surface area contributed by atoms with Gasteiger partial charge in [0.2, 0.25) is 5.91 Å². The van der Waals surface area contributed by atoms with Gasteiger partial charge >= 0.3 is 0 Å². The van der Waals surface area contributed by atoms with Crippen molar-refractivity contribution in [2.24, 2.45) is 0 Å². The Balaban J connectivity index is 1.62. The van der Waals surface area contributed by atoms with E-state index in [4.69, 9.17) is 10.5 Å². The fraction of sp³-hybridized carbons (Fsp3) is 0.462. The molecule has 1 amide bonds. The minimum atomic E-state index is 0.0473. The van der Waals surface area contributed by atoms with E-state index in [1.165, 1.54) is 0 Å². The summed E-state index contributed by atoms with van der Waals surface area (Å²) in [6.07, 6.45) is 1.45. The molecule has 1 aromatic carbocycles. The van der Waals surface area contributed by atoms with E-state index < -0.39 is 0 Å². The molecule has 4 nitrogen and oxygen atoms in total. The zero-order valence-electron chi connectivity index (χ0n) is 10.2. The highest BCUT2D eigenvalue weighted by atomic mass is 32.2. The van der Waals surface area contributed by atoms with Crippen molar-refractivity contribution >= 4 is 29.0 Å². The van der Waals surface area contributed by atoms with Crippen molar-refractivity contribution in [1.82, 2.24) is 0 Å². The number of ether oxygens (including phenoxy) is 1. The number of nitrogens with two attached hydrogens (primary N) is 1. The number of hydrogen-bond acceptors (Lipinski definition) is 4. The molecule has 5 heteroatoms. The number of nitrogens with one attached hydrogen (secondary N) is 1. The lowest BCUT2D eigenvalue weighted by Crippen LogP contribution is -2.30. The van der Waals surface area contributed by atoms with Crippen LogP contribution in [0.25, 0.3) is 0 Å². The van der Waals surface area contributed by atoms with Gasteiger partial charge in [-0.2, -0.15) is 11.8 Å². The van der Waals surface area contributed by atoms with Crippen LogP contribution in [0.4, 0.5) is 11.4 Å². The largest absolute Gasteiger partial charge is 0.399 e. The van der Waals surface area contributed by atoms with Gasteiger partial charge < -0.3 is 15.8 Å². The first-order chi connectivity index (χ1) is 8.74. The van der Waals surface area contributed by atoms with E-state index >= 15 is 0 Å². The highest BCUT2D eigenvalue weighted by Gasteiger charge is 2.18. The second kappa shape index (κ2) is 6.66. The first kappa shape index (κ1) is 13.2. The molecule has 1 aromatic rings. The smallest absolute Gasteiger partial charge is 0.224 e. The lowest BCUT2D eigenvalue weighted by molar-refractivity contribution is -0.116. The molecule has 0 saturated carbocycles. The highest BCUT2D eigenvalue weighted by Crippen LogP contribution is 2.20. The number of carbonyl (C=O) groups excluding carboxylic acids is 1. The summed E-state index contributed by atoms with van der Waals surface area (Å²) in [5.41, 5.74) is 7.07. The molecule has 0 unspecified atom stereocenters. The summed E-state index contributed by atoms with van der Waals surface area (Å²) in [6, 6.07) is 7.23. The summed E-state index contributed by atoms with van der Waals surface area (Å²) in [5.74, 6) is 1.06. The van der Waals surface area contributed by atoms with Crippen molar-refractivity contribution in [2.45, 2.75) is 18.1 Å². The van der Waals surface area contributed by atoms with Crippen LogP contribution in [0.5, 0.6) is 0 Å². The van der Waals surface area contributed by atoms with Crippen LogP contribution in [0.1, 0.15) is 12.8 Å². The number of amides is 1. The maximum absolute atomic E-state index is 11.7. The van der Waals surface area contributed by atoms with Crippen molar-refractivity contribution in [1.29, 1.82) is 0 Å². The molecular weight excluding hydrogens is 248 g/mol. The molecule has 1 aliphatic rings. The van der Waals surface area contributed by atoms with Crippen LogP contribution in [0.2, 0.25) is 0 Å². The van der Waals surface area contributed by atoms with Crippen LogP contribution >= 0.6 is 11.8 Å². The Morgan fingerprint density at radius 2 is 2.33 bits per heavy atom. The molecule has 98 valence electrons. The third-order valence-electron chi connectivity index (χ3n) is 2.68. The fourth-order valence-electron chi connectivity index (χ4n) is 1.63. The SMILES string of the molecule is Nc1cccc(NC(=O)CCCSC2COC2)c1. The maximum atomic E-state index is 11.7. The summed E-state index contributed by atoms with van der Waals surface area (Å²) in [6.45, 7) is 1.72. The first-order valence-corrected chi connectivity index (χ1v) is 7.13. The van der Waals surface area contributed by atoms with Gasteiger partial charge in [-0.05, 0) is 30.4 Å². The molecule has 0 aromatic heterocycles. The Morgan fingerprint density at radius 3 is 3.00 bits per heavy atom. The number of hydrogen-bond donors (Lipinski definition) is 2. The van der Waals surface area contributed by atoms with Crippen LogP contribution in [0.15, 0.2) is 24.3 Å². The lowest BCUT2D eigenvalue weighted by atomic mass is 10.2. The van der Waals surface area contributed by atoms with Gasteiger partial charge in [-0.3, -0.25) is 4.79 Å². The Labute approximate surface area is 111 Å². The molecule has 2 rings (SSSR count). The summed E-state index contributed by atoms with van der Waals surface area (Å²) in [7, 11) is 0. The predicted molar refractivity (Wildman–Crippen MR) is 75.8 cm³/mol. The van der Waals surface area contributed by atoms with Crippen LogP contribution in [-0.2, 0) is 9.53 Å². The summed E-state index contributed by atoms with van der Waals surface area (Å²) in [4.78, 5) is 11.7. The molecule has 1 fully saturated rings. The molecule has 1 aliphatic heterocycles. The molecule has 1 saturated heterocycles. The van der Waals surface area contributed by atoms with Gasteiger partial charge in [-0.25, -0.2) is 0 Å². The summed E-state index contributed by atoms with van der Waals surface area (Å²) < 4.78 is 5.09. The van der Waals surface area contributed by atoms with E-state index in [2.05, 4.69) is 5.32 Å². The van der Waals surface area contributed by atoms with E-state index in [0.717, 1.165) is 31.1 Å². The van der Waals surface area contributed by atoms with Crippen LogP contribution < -0.4 is 11.1 Å². The predicted octanol–water partition coefficient (Wildman–Crippen LogP) is 2.12. The highest BCUT2D eigenvalue weighted by molar-refractivity contribution is 8.00. The number of rotatable bonds is 6. The maximum Gasteiger partial charge on any atom is 0.224 e. The zero-order valence-corrected chi connectivity index (χ0v) is 11.0. The molecule has 18 heavy (non-hydrogen) atoms. The number of nitrogen functional groups attached to an aromatic ring is 1. The average Bonchev–Trinajstić information content (AvgIpc) is 2.26. The van der Waals surface area contributed by atoms with Gasteiger partial charge in [-0.1, -0.05) is 6.07 Å². The van der Waals surface area contributed by atoms with Gasteiger partial charge in [0.15, 0.2) is 0 Å².